The Kier molecular flexibility index (Phi) is 5.97. The third-order valence-electron chi connectivity index (χ3n) is 3.89. The van der Waals surface area contributed by atoms with Crippen LogP contribution >= 0.6 is 11.8 Å². The van der Waals surface area contributed by atoms with E-state index in [-0.39, 0.29) is 11.5 Å². The number of hydrogen-bond acceptors (Lipinski definition) is 7. The minimum Gasteiger partial charge on any atom is -0.497 e. The molecule has 1 heterocycles. The van der Waals surface area contributed by atoms with Crippen LogP contribution in [0.1, 0.15) is 10.4 Å². The van der Waals surface area contributed by atoms with Crippen molar-refractivity contribution in [3.8, 4) is 22.9 Å². The second kappa shape index (κ2) is 8.59. The predicted octanol–water partition coefficient (Wildman–Crippen LogP) is 3.27. The van der Waals surface area contributed by atoms with Gasteiger partial charge in [0.2, 0.25) is 0 Å². The fourth-order valence-corrected chi connectivity index (χ4v) is 3.31. The molecule has 0 amide bonds. The molecule has 0 fully saturated rings. The first-order valence-electron chi connectivity index (χ1n) is 8.08. The summed E-state index contributed by atoms with van der Waals surface area (Å²) >= 11 is 1.32. The highest BCUT2D eigenvalue weighted by atomic mass is 32.2. The number of thioether (sulfide) groups is 1. The molecule has 3 aromatic rings. The summed E-state index contributed by atoms with van der Waals surface area (Å²) in [6, 6.07) is 12.7. The van der Waals surface area contributed by atoms with Crippen molar-refractivity contribution < 1.29 is 19.0 Å². The normalized spacial score (nSPS) is 10.5. The number of hydrogen-bond donors (Lipinski definition) is 0. The molecule has 0 aliphatic heterocycles. The van der Waals surface area contributed by atoms with Crippen molar-refractivity contribution in [2.24, 2.45) is 0 Å². The quantitative estimate of drug-likeness (QED) is 0.435. The van der Waals surface area contributed by atoms with Crippen molar-refractivity contribution >= 4 is 17.5 Å². The van der Waals surface area contributed by atoms with Crippen LogP contribution in [0.3, 0.4) is 0 Å². The van der Waals surface area contributed by atoms with Crippen LogP contribution in [0.5, 0.6) is 17.2 Å². The van der Waals surface area contributed by atoms with Gasteiger partial charge in [0.05, 0.1) is 32.8 Å². The molecule has 140 valence electrons. The minimum atomic E-state index is -0.0406. The summed E-state index contributed by atoms with van der Waals surface area (Å²) in [5, 5.41) is 8.69. The van der Waals surface area contributed by atoms with E-state index >= 15 is 0 Å². The van der Waals surface area contributed by atoms with E-state index < -0.39 is 0 Å². The van der Waals surface area contributed by atoms with Crippen LogP contribution in [0.2, 0.25) is 0 Å². The summed E-state index contributed by atoms with van der Waals surface area (Å²) in [6.45, 7) is 0. The second-order valence-electron chi connectivity index (χ2n) is 5.47. The van der Waals surface area contributed by atoms with Crippen LogP contribution in [-0.2, 0) is 0 Å². The van der Waals surface area contributed by atoms with Crippen molar-refractivity contribution in [2.75, 3.05) is 27.1 Å². The zero-order chi connectivity index (χ0) is 19.2. The largest absolute Gasteiger partial charge is 0.497 e. The number of rotatable bonds is 8. The van der Waals surface area contributed by atoms with Crippen LogP contribution in [0, 0.1) is 0 Å². The van der Waals surface area contributed by atoms with Crippen LogP contribution in [0.15, 0.2) is 53.9 Å². The maximum Gasteiger partial charge on any atom is 0.196 e. The minimum absolute atomic E-state index is 0.0406. The summed E-state index contributed by atoms with van der Waals surface area (Å²) in [7, 11) is 4.71. The lowest BCUT2D eigenvalue weighted by Crippen LogP contribution is -2.05. The second-order valence-corrected chi connectivity index (χ2v) is 6.41. The molecule has 27 heavy (non-hydrogen) atoms. The first-order chi connectivity index (χ1) is 13.2. The molecule has 0 atom stereocenters. The van der Waals surface area contributed by atoms with E-state index in [0.717, 1.165) is 11.4 Å². The Morgan fingerprint density at radius 1 is 1.04 bits per heavy atom. The van der Waals surface area contributed by atoms with Crippen molar-refractivity contribution in [1.29, 1.82) is 0 Å². The maximum atomic E-state index is 12.6. The number of Topliss-reactive ketones (excluding diaryl/α,β-unsaturated/α-hetero) is 1. The number of methoxy groups -OCH3 is 3. The molecule has 0 radical (unpaired) electrons. The van der Waals surface area contributed by atoms with Crippen LogP contribution in [0.4, 0.5) is 0 Å². The SMILES string of the molecule is COc1cccc(-n2cnnc2SCC(=O)c2ccc(OC)c(OC)c2)c1. The van der Waals surface area contributed by atoms with Gasteiger partial charge in [-0.25, -0.2) is 0 Å². The Hall–Kier alpha value is -3.00. The predicted molar refractivity (Wildman–Crippen MR) is 103 cm³/mol. The summed E-state index contributed by atoms with van der Waals surface area (Å²) in [6.07, 6.45) is 1.61. The van der Waals surface area contributed by atoms with Gasteiger partial charge in [-0.1, -0.05) is 17.8 Å². The van der Waals surface area contributed by atoms with Crippen LogP contribution in [0.25, 0.3) is 5.69 Å². The fraction of sp³-hybridized carbons (Fsp3) is 0.211. The number of nitrogens with zero attached hydrogens (tertiary/aromatic N) is 3. The monoisotopic (exact) mass is 385 g/mol. The molecule has 0 spiro atoms. The zero-order valence-corrected chi connectivity index (χ0v) is 16.0. The van der Waals surface area contributed by atoms with Gasteiger partial charge in [-0.05, 0) is 30.3 Å². The first-order valence-corrected chi connectivity index (χ1v) is 9.07. The molecule has 3 rings (SSSR count). The molecule has 0 aliphatic carbocycles. The molecular weight excluding hydrogens is 366 g/mol. The van der Waals surface area contributed by atoms with Gasteiger partial charge in [0, 0.05) is 11.6 Å². The molecule has 0 aliphatic rings. The highest BCUT2D eigenvalue weighted by molar-refractivity contribution is 7.99. The number of ketones is 1. The standard InChI is InChI=1S/C19H19N3O4S/c1-24-15-6-4-5-14(10-15)22-12-20-21-19(22)27-11-16(23)13-7-8-17(25-2)18(9-13)26-3/h4-10,12H,11H2,1-3H3. The van der Waals surface area contributed by atoms with Gasteiger partial charge in [-0.3, -0.25) is 9.36 Å². The van der Waals surface area contributed by atoms with E-state index in [1.165, 1.54) is 18.9 Å². The summed E-state index contributed by atoms with van der Waals surface area (Å²) in [4.78, 5) is 12.6. The van der Waals surface area contributed by atoms with Gasteiger partial charge in [0.15, 0.2) is 22.4 Å². The average molecular weight is 385 g/mol. The maximum absolute atomic E-state index is 12.6. The van der Waals surface area contributed by atoms with E-state index in [4.69, 9.17) is 14.2 Å². The van der Waals surface area contributed by atoms with Gasteiger partial charge < -0.3 is 14.2 Å². The molecular formula is C19H19N3O4S. The number of aromatic nitrogens is 3. The molecule has 7 nitrogen and oxygen atoms in total. The molecule has 0 bridgehead atoms. The Bertz CT molecular complexity index is 942. The zero-order valence-electron chi connectivity index (χ0n) is 15.2. The average Bonchev–Trinajstić information content (AvgIpc) is 3.20. The van der Waals surface area contributed by atoms with E-state index in [1.807, 2.05) is 28.8 Å². The molecule has 8 heteroatoms. The molecule has 0 saturated carbocycles. The van der Waals surface area contributed by atoms with Gasteiger partial charge in [0.1, 0.15) is 12.1 Å². The van der Waals surface area contributed by atoms with E-state index in [2.05, 4.69) is 10.2 Å². The molecule has 2 aromatic carbocycles. The van der Waals surface area contributed by atoms with Gasteiger partial charge in [-0.15, -0.1) is 10.2 Å². The Balaban J connectivity index is 1.74. The highest BCUT2D eigenvalue weighted by Crippen LogP contribution is 2.29. The van der Waals surface area contributed by atoms with Crippen molar-refractivity contribution in [3.05, 3.63) is 54.4 Å². The van der Waals surface area contributed by atoms with Crippen LogP contribution in [-0.4, -0.2) is 47.6 Å². The molecule has 0 N–H and O–H groups in total. The topological polar surface area (TPSA) is 75.5 Å². The molecule has 1 aromatic heterocycles. The third kappa shape index (κ3) is 4.22. The van der Waals surface area contributed by atoms with E-state index in [9.17, 15) is 4.79 Å². The lowest BCUT2D eigenvalue weighted by Gasteiger charge is -2.09. The van der Waals surface area contributed by atoms with Gasteiger partial charge >= 0.3 is 0 Å². The lowest BCUT2D eigenvalue weighted by atomic mass is 10.1. The summed E-state index contributed by atoms with van der Waals surface area (Å²) in [5.74, 6) is 2.02. The van der Waals surface area contributed by atoms with Gasteiger partial charge in [-0.2, -0.15) is 0 Å². The number of benzene rings is 2. The summed E-state index contributed by atoms with van der Waals surface area (Å²) in [5.41, 5.74) is 1.41. The van der Waals surface area contributed by atoms with Crippen molar-refractivity contribution in [1.82, 2.24) is 14.8 Å². The highest BCUT2D eigenvalue weighted by Gasteiger charge is 2.14. The Morgan fingerprint density at radius 3 is 2.59 bits per heavy atom. The van der Waals surface area contributed by atoms with Crippen molar-refractivity contribution in [3.63, 3.8) is 0 Å². The summed E-state index contributed by atoms with van der Waals surface area (Å²) < 4.78 is 17.5. The lowest BCUT2D eigenvalue weighted by molar-refractivity contribution is 0.102. The fourth-order valence-electron chi connectivity index (χ4n) is 2.48. The Labute approximate surface area is 161 Å². The first kappa shape index (κ1) is 18.8. The number of carbonyl (C=O) groups is 1. The number of ether oxygens (including phenoxy) is 3. The van der Waals surface area contributed by atoms with E-state index in [1.54, 1.807) is 38.7 Å². The molecule has 0 unspecified atom stereocenters. The smallest absolute Gasteiger partial charge is 0.196 e. The number of carbonyl (C=O) groups excluding carboxylic acids is 1. The van der Waals surface area contributed by atoms with E-state index in [0.29, 0.717) is 22.2 Å². The van der Waals surface area contributed by atoms with Gasteiger partial charge in [0.25, 0.3) is 0 Å². The van der Waals surface area contributed by atoms with Crippen LogP contribution < -0.4 is 14.2 Å². The molecule has 0 saturated heterocycles. The van der Waals surface area contributed by atoms with Crippen molar-refractivity contribution in [2.45, 2.75) is 5.16 Å². The Morgan fingerprint density at radius 2 is 1.85 bits per heavy atom. The third-order valence-corrected chi connectivity index (χ3v) is 4.83.